The fourth-order valence-electron chi connectivity index (χ4n) is 17.7. The Balaban J connectivity index is 0.000000148. The lowest BCUT2D eigenvalue weighted by molar-refractivity contribution is 0.241. The van der Waals surface area contributed by atoms with E-state index in [1.807, 2.05) is 51.1 Å². The molecular formula is C100H98ClF5O24. The third-order valence-corrected chi connectivity index (χ3v) is 24.4. The fraction of sp³-hybridized carbons (Fsp3) is 0.280. The molecule has 30 heteroatoms. The van der Waals surface area contributed by atoms with E-state index in [1.54, 1.807) is 74.5 Å². The molecule has 12 aromatic rings. The average Bonchev–Trinajstić information content (AvgIpc) is 0.763. The maximum absolute atomic E-state index is 15.2. The van der Waals surface area contributed by atoms with Crippen LogP contribution in [0.2, 0.25) is 5.02 Å². The molecule has 0 fully saturated rings. The van der Waals surface area contributed by atoms with E-state index in [2.05, 4.69) is 0 Å². The minimum absolute atomic E-state index is 0.00380. The monoisotopic (exact) mass is 1810 g/mol. The molecule has 0 aliphatic carbocycles. The molecule has 12 N–H and O–H groups in total. The van der Waals surface area contributed by atoms with Gasteiger partial charge in [0.05, 0.1) is 88.3 Å². The molecule has 4 aliphatic rings. The SMILES string of the molecule is CCCc1c(O)c(CC)cc2c1OCC(c1cc(OC)c(O)c(OC)c1)C2c1ccc(O)c(F)c1.COc1cc(C2COc3c(ccc(O)c3C)C2c2ccc(O)c(Cl)c2)cc(OC)c1O.COc1cc(C2COc3cc(O)cc(F)c3C2c2cc(C)c(O)c(C)c2)cc(OC)c1O.COc1cc(C2COc3cc(O)cc(F)c3C2c2cc(F)c(O)c(F)c2)cc(OC)c1O. The van der Waals surface area contributed by atoms with Gasteiger partial charge >= 0.3 is 0 Å². The van der Waals surface area contributed by atoms with Gasteiger partial charge < -0.3 is 118 Å². The van der Waals surface area contributed by atoms with Crippen molar-refractivity contribution in [1.29, 1.82) is 0 Å². The Bertz CT molecular complexity index is 5930. The quantitative estimate of drug-likeness (QED) is 0.0335. The van der Waals surface area contributed by atoms with Crippen LogP contribution in [0.4, 0.5) is 22.0 Å². The summed E-state index contributed by atoms with van der Waals surface area (Å²) in [6.07, 6.45) is 2.09. The van der Waals surface area contributed by atoms with Gasteiger partial charge in [-0.25, -0.2) is 22.0 Å². The number of aromatic hydroxyl groups is 12. The average molecular weight is 1810 g/mol. The van der Waals surface area contributed by atoms with Crippen molar-refractivity contribution in [2.75, 3.05) is 83.3 Å². The second-order valence-electron chi connectivity index (χ2n) is 31.6. The number of phenols is 12. The van der Waals surface area contributed by atoms with Crippen molar-refractivity contribution in [1.82, 2.24) is 0 Å². The molecule has 0 spiro atoms. The van der Waals surface area contributed by atoms with E-state index < -0.39 is 58.3 Å². The van der Waals surface area contributed by atoms with Crippen LogP contribution < -0.4 is 56.8 Å². The van der Waals surface area contributed by atoms with Crippen molar-refractivity contribution in [3.05, 3.63) is 280 Å². The highest BCUT2D eigenvalue weighted by Gasteiger charge is 2.43. The highest BCUT2D eigenvalue weighted by Crippen LogP contribution is 2.58. The molecule has 12 aromatic carbocycles. The standard InChI is InChI=1S/C28H31FO6.C25H25FO6.C24H23ClO6.C23H19F3O6/c1-5-7-18-26(31)15(6-2)10-19-25(16-8-9-22(30)21(29)11-16)20(14-35-28(18)19)17-12-23(33-3)27(32)24(13-17)34-4;1-12-5-15(6-13(2)24(12)28)22-17(11-32-19-10-16(27)9-18(26)23(19)22)14-7-20(30-3)25(29)21(8-14)31-4;1-12-18(26)7-5-15-22(13-4-6-19(27)17(25)8-13)16(11-31-24(12)15)14-9-20(29-2)23(28)21(10-14)30-3;1-30-18-5-10(6-19(31-2)23(18)29)13-9-32-17-8-12(27)7-14(24)21(17)20(13)11-3-15(25)22(28)16(26)4-11/h8-13,20,25,30-32H,5-7,14H2,1-4H3;5-10,17,22,27-29H,11H2,1-4H3;4-10,16,22,26-28H,11H2,1-3H3;3-8,13,20,27-29H,9H2,1-2H3. The molecule has 0 saturated heterocycles. The topological polar surface area (TPSA) is 354 Å². The lowest BCUT2D eigenvalue weighted by Gasteiger charge is -2.36. The first-order valence-electron chi connectivity index (χ1n) is 41.2. The number of rotatable bonds is 19. The van der Waals surface area contributed by atoms with Gasteiger partial charge in [-0.1, -0.05) is 62.2 Å². The summed E-state index contributed by atoms with van der Waals surface area (Å²) in [5.74, 6) is -6.91. The van der Waals surface area contributed by atoms with Gasteiger partial charge in [0, 0.05) is 105 Å². The summed E-state index contributed by atoms with van der Waals surface area (Å²) in [5, 5.41) is 122. The van der Waals surface area contributed by atoms with E-state index in [9.17, 15) is 74.4 Å². The summed E-state index contributed by atoms with van der Waals surface area (Å²) in [4.78, 5) is 0. The lowest BCUT2D eigenvalue weighted by Crippen LogP contribution is -2.26. The molecule has 16 rings (SSSR count). The van der Waals surface area contributed by atoms with Crippen LogP contribution in [0.25, 0.3) is 0 Å². The van der Waals surface area contributed by atoms with Gasteiger partial charge in [0.1, 0.15) is 69.1 Å². The van der Waals surface area contributed by atoms with Gasteiger partial charge in [0.2, 0.25) is 23.0 Å². The van der Waals surface area contributed by atoms with E-state index in [4.69, 9.17) is 68.4 Å². The highest BCUT2D eigenvalue weighted by molar-refractivity contribution is 6.32. The van der Waals surface area contributed by atoms with Gasteiger partial charge in [-0.05, 0) is 192 Å². The van der Waals surface area contributed by atoms with E-state index in [-0.39, 0.29) is 169 Å². The number of methoxy groups -OCH3 is 8. The summed E-state index contributed by atoms with van der Waals surface area (Å²) in [6, 6.07) is 38.3. The van der Waals surface area contributed by atoms with Crippen molar-refractivity contribution in [2.45, 2.75) is 101 Å². The molecule has 130 heavy (non-hydrogen) atoms. The number of aryl methyl sites for hydroxylation is 3. The van der Waals surface area contributed by atoms with Gasteiger partial charge in [-0.2, -0.15) is 0 Å². The predicted molar refractivity (Wildman–Crippen MR) is 472 cm³/mol. The molecule has 4 aliphatic heterocycles. The predicted octanol–water partition coefficient (Wildman–Crippen LogP) is 20.3. The first-order chi connectivity index (χ1) is 62.2. The molecule has 0 saturated carbocycles. The molecule has 684 valence electrons. The number of fused-ring (bicyclic) bond motifs is 4. The number of halogens is 6. The zero-order valence-electron chi connectivity index (χ0n) is 73.0. The van der Waals surface area contributed by atoms with Gasteiger partial charge in [0.15, 0.2) is 74.9 Å². The van der Waals surface area contributed by atoms with E-state index in [0.29, 0.717) is 75.8 Å². The third-order valence-electron chi connectivity index (χ3n) is 24.1. The molecule has 0 amide bonds. The summed E-state index contributed by atoms with van der Waals surface area (Å²) in [7, 11) is 11.5. The zero-order chi connectivity index (χ0) is 93.9. The normalized spacial score (nSPS) is 17.3. The number of phenolic OH excluding ortho intramolecular Hbond substituents is 12. The summed E-state index contributed by atoms with van der Waals surface area (Å²) < 4.78 is 140. The Morgan fingerprint density at radius 2 is 0.677 bits per heavy atom. The Labute approximate surface area is 750 Å². The van der Waals surface area contributed by atoms with Crippen molar-refractivity contribution in [3.8, 4) is 138 Å². The van der Waals surface area contributed by atoms with Crippen LogP contribution in [-0.2, 0) is 12.8 Å². The number of benzene rings is 12. The van der Waals surface area contributed by atoms with E-state index in [0.717, 1.165) is 80.8 Å². The van der Waals surface area contributed by atoms with Crippen molar-refractivity contribution < 1.29 is 140 Å². The lowest BCUT2D eigenvalue weighted by atomic mass is 9.74. The van der Waals surface area contributed by atoms with Crippen molar-refractivity contribution in [3.63, 3.8) is 0 Å². The van der Waals surface area contributed by atoms with E-state index >= 15 is 8.78 Å². The molecular weight excluding hydrogens is 1720 g/mol. The first-order valence-corrected chi connectivity index (χ1v) is 41.6. The number of ether oxygens (including phenoxy) is 12. The van der Waals surface area contributed by atoms with Crippen molar-refractivity contribution >= 4 is 11.6 Å². The van der Waals surface area contributed by atoms with Crippen LogP contribution >= 0.6 is 11.6 Å². The summed E-state index contributed by atoms with van der Waals surface area (Å²) in [6.45, 7) is 10.1. The molecule has 8 unspecified atom stereocenters. The Hall–Kier alpha value is -14.2. The smallest absolute Gasteiger partial charge is 0.200 e. The van der Waals surface area contributed by atoms with Gasteiger partial charge in [-0.15, -0.1) is 0 Å². The maximum Gasteiger partial charge on any atom is 0.200 e. The molecule has 24 nitrogen and oxygen atoms in total. The summed E-state index contributed by atoms with van der Waals surface area (Å²) in [5.41, 5.74) is 10.8. The maximum atomic E-state index is 15.2. The molecule has 0 bridgehead atoms. The van der Waals surface area contributed by atoms with Crippen LogP contribution in [0, 0.1) is 49.9 Å². The molecule has 4 heterocycles. The van der Waals surface area contributed by atoms with Crippen LogP contribution in [0.3, 0.4) is 0 Å². The van der Waals surface area contributed by atoms with Crippen LogP contribution in [-0.4, -0.2) is 145 Å². The van der Waals surface area contributed by atoms with Crippen LogP contribution in [0.5, 0.6) is 138 Å². The minimum Gasteiger partial charge on any atom is -0.508 e. The zero-order valence-corrected chi connectivity index (χ0v) is 73.8. The molecule has 0 radical (unpaired) electrons. The Kier molecular flexibility index (Phi) is 28.1. The Morgan fingerprint density at radius 1 is 0.323 bits per heavy atom. The van der Waals surface area contributed by atoms with E-state index in [1.165, 1.54) is 93.3 Å². The minimum atomic E-state index is -1.20. The Morgan fingerprint density at radius 3 is 1.06 bits per heavy atom. The number of hydrogen-bond acceptors (Lipinski definition) is 24. The largest absolute Gasteiger partial charge is 0.508 e. The van der Waals surface area contributed by atoms with Crippen molar-refractivity contribution in [2.24, 2.45) is 0 Å². The highest BCUT2D eigenvalue weighted by atomic mass is 35.5. The van der Waals surface area contributed by atoms with Gasteiger partial charge in [0.25, 0.3) is 0 Å². The second kappa shape index (κ2) is 39.2. The molecule has 0 aromatic heterocycles. The third kappa shape index (κ3) is 18.2. The van der Waals surface area contributed by atoms with Crippen LogP contribution in [0.15, 0.2) is 152 Å². The summed E-state index contributed by atoms with van der Waals surface area (Å²) >= 11 is 6.23. The first kappa shape index (κ1) is 93.4. The molecule has 8 atom stereocenters. The fourth-order valence-corrected chi connectivity index (χ4v) is 17.9. The van der Waals surface area contributed by atoms with Crippen LogP contribution in [0.1, 0.15) is 162 Å². The van der Waals surface area contributed by atoms with Gasteiger partial charge in [-0.3, -0.25) is 0 Å². The number of hydrogen-bond donors (Lipinski definition) is 12. The second-order valence-corrected chi connectivity index (χ2v) is 32.0.